The van der Waals surface area contributed by atoms with Crippen molar-refractivity contribution in [3.63, 3.8) is 0 Å². The van der Waals surface area contributed by atoms with Crippen molar-refractivity contribution in [1.29, 1.82) is 0 Å². The third-order valence-corrected chi connectivity index (χ3v) is 4.88. The topological polar surface area (TPSA) is 15.3 Å². The van der Waals surface area contributed by atoms with Crippen LogP contribution in [0, 0.1) is 0 Å². The van der Waals surface area contributed by atoms with E-state index in [0.29, 0.717) is 5.54 Å². The van der Waals surface area contributed by atoms with Gasteiger partial charge in [-0.15, -0.1) is 0 Å². The highest BCUT2D eigenvalue weighted by Crippen LogP contribution is 2.16. The fraction of sp³-hybridized carbons (Fsp3) is 1.00. The number of hydrogen-bond acceptors (Lipinski definition) is 2. The smallest absolute Gasteiger partial charge is 0.0277 e. The highest BCUT2D eigenvalue weighted by Gasteiger charge is 2.26. The molecule has 1 unspecified atom stereocenters. The fourth-order valence-electron chi connectivity index (χ4n) is 3.22. The maximum Gasteiger partial charge on any atom is 0.0277 e. The summed E-state index contributed by atoms with van der Waals surface area (Å²) in [4.78, 5) is 2.70. The molecule has 0 aromatic carbocycles. The molecule has 0 aromatic rings. The van der Waals surface area contributed by atoms with Crippen LogP contribution in [0.5, 0.6) is 0 Å². The average Bonchev–Trinajstić information content (AvgIpc) is 2.64. The van der Waals surface area contributed by atoms with E-state index in [-0.39, 0.29) is 0 Å². The van der Waals surface area contributed by atoms with Crippen LogP contribution in [-0.2, 0) is 0 Å². The molecule has 1 atom stereocenters. The zero-order valence-electron chi connectivity index (χ0n) is 14.3. The van der Waals surface area contributed by atoms with Crippen LogP contribution < -0.4 is 5.32 Å². The van der Waals surface area contributed by atoms with Crippen LogP contribution in [0.25, 0.3) is 0 Å². The molecule has 1 aliphatic heterocycles. The zero-order chi connectivity index (χ0) is 14.7. The maximum absolute atomic E-state index is 3.73. The van der Waals surface area contributed by atoms with Crippen LogP contribution in [0.3, 0.4) is 0 Å². The second-order valence-electron chi connectivity index (χ2n) is 6.95. The first kappa shape index (κ1) is 18.0. The van der Waals surface area contributed by atoms with Crippen molar-refractivity contribution in [3.8, 4) is 0 Å². The minimum absolute atomic E-state index is 0.344. The molecule has 1 N–H and O–H groups in total. The van der Waals surface area contributed by atoms with Gasteiger partial charge in [-0.3, -0.25) is 0 Å². The molecule has 1 saturated heterocycles. The third kappa shape index (κ3) is 7.64. The van der Waals surface area contributed by atoms with Gasteiger partial charge in [-0.2, -0.15) is 0 Å². The van der Waals surface area contributed by atoms with Crippen LogP contribution in [-0.4, -0.2) is 36.6 Å². The molecule has 1 aliphatic rings. The lowest BCUT2D eigenvalue weighted by molar-refractivity contribution is 0.211. The van der Waals surface area contributed by atoms with Crippen molar-refractivity contribution in [2.24, 2.45) is 0 Å². The summed E-state index contributed by atoms with van der Waals surface area (Å²) in [6.45, 7) is 12.0. The maximum atomic E-state index is 3.73. The van der Waals surface area contributed by atoms with E-state index in [4.69, 9.17) is 0 Å². The molecular weight excluding hydrogens is 244 g/mol. The number of hydrogen-bond donors (Lipinski definition) is 1. The monoisotopic (exact) mass is 282 g/mol. The predicted molar refractivity (Wildman–Crippen MR) is 90.4 cm³/mol. The summed E-state index contributed by atoms with van der Waals surface area (Å²) in [6.07, 6.45) is 14.0. The quantitative estimate of drug-likeness (QED) is 0.590. The van der Waals surface area contributed by atoms with E-state index in [1.165, 1.54) is 90.4 Å². The Hall–Kier alpha value is -0.0800. The summed E-state index contributed by atoms with van der Waals surface area (Å²) in [5.41, 5.74) is 0.344. The SMILES string of the molecule is CCCCCCCCCCN1CCCNC(C)(CC)C1. The molecule has 120 valence electrons. The minimum Gasteiger partial charge on any atom is -0.310 e. The van der Waals surface area contributed by atoms with Gasteiger partial charge in [0.1, 0.15) is 0 Å². The van der Waals surface area contributed by atoms with Gasteiger partial charge in [-0.25, -0.2) is 0 Å². The van der Waals surface area contributed by atoms with Gasteiger partial charge in [0.25, 0.3) is 0 Å². The first-order valence-electron chi connectivity index (χ1n) is 9.17. The van der Waals surface area contributed by atoms with Crippen molar-refractivity contribution in [2.45, 2.75) is 90.5 Å². The van der Waals surface area contributed by atoms with Gasteiger partial charge in [0.15, 0.2) is 0 Å². The predicted octanol–water partition coefficient (Wildman–Crippen LogP) is 4.59. The minimum atomic E-state index is 0.344. The van der Waals surface area contributed by atoms with E-state index >= 15 is 0 Å². The van der Waals surface area contributed by atoms with Crippen molar-refractivity contribution in [2.75, 3.05) is 26.2 Å². The van der Waals surface area contributed by atoms with Crippen LogP contribution >= 0.6 is 0 Å². The van der Waals surface area contributed by atoms with Gasteiger partial charge in [0.05, 0.1) is 0 Å². The highest BCUT2D eigenvalue weighted by molar-refractivity contribution is 4.87. The summed E-state index contributed by atoms with van der Waals surface area (Å²) in [5.74, 6) is 0. The number of nitrogens with zero attached hydrogens (tertiary/aromatic N) is 1. The Morgan fingerprint density at radius 2 is 1.60 bits per heavy atom. The van der Waals surface area contributed by atoms with Gasteiger partial charge in [-0.05, 0) is 45.8 Å². The number of rotatable bonds is 10. The zero-order valence-corrected chi connectivity index (χ0v) is 14.3. The Morgan fingerprint density at radius 3 is 2.25 bits per heavy atom. The first-order valence-corrected chi connectivity index (χ1v) is 9.17. The van der Waals surface area contributed by atoms with Crippen molar-refractivity contribution < 1.29 is 0 Å². The molecule has 1 heterocycles. The summed E-state index contributed by atoms with van der Waals surface area (Å²) < 4.78 is 0. The van der Waals surface area contributed by atoms with Gasteiger partial charge in [-0.1, -0.05) is 58.8 Å². The molecular formula is C18H38N2. The molecule has 1 rings (SSSR count). The molecule has 0 bridgehead atoms. The van der Waals surface area contributed by atoms with E-state index in [2.05, 4.69) is 31.0 Å². The normalized spacial score (nSPS) is 24.8. The number of nitrogens with one attached hydrogen (secondary N) is 1. The molecule has 0 radical (unpaired) electrons. The van der Waals surface area contributed by atoms with Crippen LogP contribution in [0.1, 0.15) is 85.0 Å². The van der Waals surface area contributed by atoms with E-state index < -0.39 is 0 Å². The van der Waals surface area contributed by atoms with E-state index in [1.54, 1.807) is 0 Å². The molecule has 2 heteroatoms. The third-order valence-electron chi connectivity index (χ3n) is 4.88. The van der Waals surface area contributed by atoms with Crippen LogP contribution in [0.4, 0.5) is 0 Å². The summed E-state index contributed by atoms with van der Waals surface area (Å²) >= 11 is 0. The van der Waals surface area contributed by atoms with Gasteiger partial charge >= 0.3 is 0 Å². The Bertz CT molecular complexity index is 229. The van der Waals surface area contributed by atoms with Gasteiger partial charge in [0.2, 0.25) is 0 Å². The molecule has 0 spiro atoms. The second kappa shape index (κ2) is 10.6. The molecule has 1 fully saturated rings. The average molecular weight is 283 g/mol. The van der Waals surface area contributed by atoms with Crippen molar-refractivity contribution >= 4 is 0 Å². The van der Waals surface area contributed by atoms with E-state index in [9.17, 15) is 0 Å². The molecule has 0 saturated carbocycles. The lowest BCUT2D eigenvalue weighted by atomic mass is 9.98. The Kier molecular flexibility index (Phi) is 9.54. The van der Waals surface area contributed by atoms with Gasteiger partial charge in [0, 0.05) is 12.1 Å². The van der Waals surface area contributed by atoms with Crippen LogP contribution in [0.2, 0.25) is 0 Å². The number of unbranched alkanes of at least 4 members (excludes halogenated alkanes) is 7. The molecule has 0 amide bonds. The fourth-order valence-corrected chi connectivity index (χ4v) is 3.22. The molecule has 0 aromatic heterocycles. The second-order valence-corrected chi connectivity index (χ2v) is 6.95. The van der Waals surface area contributed by atoms with E-state index in [0.717, 1.165) is 0 Å². The lowest BCUT2D eigenvalue weighted by Gasteiger charge is -2.32. The summed E-state index contributed by atoms with van der Waals surface area (Å²) in [6, 6.07) is 0. The van der Waals surface area contributed by atoms with Crippen molar-refractivity contribution in [3.05, 3.63) is 0 Å². The summed E-state index contributed by atoms with van der Waals surface area (Å²) in [5, 5.41) is 3.73. The largest absolute Gasteiger partial charge is 0.310 e. The van der Waals surface area contributed by atoms with Crippen molar-refractivity contribution in [1.82, 2.24) is 10.2 Å². The van der Waals surface area contributed by atoms with Gasteiger partial charge < -0.3 is 10.2 Å². The molecule has 0 aliphatic carbocycles. The lowest BCUT2D eigenvalue weighted by Crippen LogP contribution is -2.48. The summed E-state index contributed by atoms with van der Waals surface area (Å²) in [7, 11) is 0. The van der Waals surface area contributed by atoms with E-state index in [1.807, 2.05) is 0 Å². The standard InChI is InChI=1S/C18H38N2/c1-4-6-7-8-9-10-11-12-15-20-16-13-14-19-18(3,5-2)17-20/h19H,4-17H2,1-3H3. The molecule has 20 heavy (non-hydrogen) atoms. The Balaban J connectivity index is 2.05. The first-order chi connectivity index (χ1) is 9.70. The van der Waals surface area contributed by atoms with Crippen LogP contribution in [0.15, 0.2) is 0 Å². The molecule has 2 nitrogen and oxygen atoms in total. The Morgan fingerprint density at radius 1 is 0.950 bits per heavy atom. The highest BCUT2D eigenvalue weighted by atomic mass is 15.2. The Labute approximate surface area is 127 Å².